The number of amides is 1. The van der Waals surface area contributed by atoms with Crippen molar-refractivity contribution in [3.63, 3.8) is 0 Å². The summed E-state index contributed by atoms with van der Waals surface area (Å²) in [5, 5.41) is 3.03. The van der Waals surface area contributed by atoms with Gasteiger partial charge in [0.1, 0.15) is 11.5 Å². The maximum Gasteiger partial charge on any atom is 0.238 e. The molecule has 5 nitrogen and oxygen atoms in total. The summed E-state index contributed by atoms with van der Waals surface area (Å²) in [5.41, 5.74) is 3.18. The van der Waals surface area contributed by atoms with Gasteiger partial charge in [-0.05, 0) is 49.6 Å². The summed E-state index contributed by atoms with van der Waals surface area (Å²) in [7, 11) is 3.32. The number of rotatable bonds is 7. The van der Waals surface area contributed by atoms with Gasteiger partial charge >= 0.3 is 0 Å². The van der Waals surface area contributed by atoms with Crippen LogP contribution in [0.25, 0.3) is 0 Å². The number of benzene rings is 2. The van der Waals surface area contributed by atoms with Crippen LogP contribution in [-0.4, -0.2) is 38.1 Å². The fourth-order valence-electron chi connectivity index (χ4n) is 3.72. The Morgan fingerprint density at radius 2 is 2.04 bits per heavy atom. The van der Waals surface area contributed by atoms with Crippen molar-refractivity contribution in [1.29, 1.82) is 0 Å². The lowest BCUT2D eigenvalue weighted by atomic mass is 10.0. The molecule has 0 aliphatic carbocycles. The van der Waals surface area contributed by atoms with E-state index in [-0.39, 0.29) is 11.9 Å². The van der Waals surface area contributed by atoms with Crippen molar-refractivity contribution in [2.24, 2.45) is 0 Å². The van der Waals surface area contributed by atoms with Crippen LogP contribution in [0, 0.1) is 0 Å². The van der Waals surface area contributed by atoms with E-state index in [1.807, 2.05) is 36.4 Å². The number of ether oxygens (including phenoxy) is 2. The van der Waals surface area contributed by atoms with Gasteiger partial charge in [-0.2, -0.15) is 0 Å². The molecule has 5 heteroatoms. The summed E-state index contributed by atoms with van der Waals surface area (Å²) in [6, 6.07) is 14.1. The predicted molar refractivity (Wildman–Crippen MR) is 108 cm³/mol. The zero-order valence-corrected chi connectivity index (χ0v) is 16.3. The van der Waals surface area contributed by atoms with Gasteiger partial charge in [-0.1, -0.05) is 25.1 Å². The van der Waals surface area contributed by atoms with E-state index in [0.717, 1.165) is 48.6 Å². The molecule has 0 radical (unpaired) electrons. The van der Waals surface area contributed by atoms with Crippen molar-refractivity contribution in [3.05, 3.63) is 53.6 Å². The van der Waals surface area contributed by atoms with Crippen molar-refractivity contribution in [2.45, 2.75) is 32.2 Å². The molecule has 1 atom stereocenters. The minimum absolute atomic E-state index is 0.0163. The molecular weight excluding hydrogens is 340 g/mol. The summed E-state index contributed by atoms with van der Waals surface area (Å²) in [6.45, 7) is 3.39. The van der Waals surface area contributed by atoms with E-state index in [9.17, 15) is 4.79 Å². The number of likely N-dealkylation sites (tertiary alicyclic amines) is 1. The fourth-order valence-corrected chi connectivity index (χ4v) is 3.72. The number of carbonyl (C=O) groups excluding carboxylic acids is 1. The highest BCUT2D eigenvalue weighted by Gasteiger charge is 2.29. The Labute approximate surface area is 161 Å². The van der Waals surface area contributed by atoms with Crippen molar-refractivity contribution >= 4 is 11.6 Å². The number of methoxy groups -OCH3 is 2. The molecule has 0 aromatic heterocycles. The SMILES string of the molecule is CCc1cccc(NC(=O)CN2CCCC2c2ccc(OC)cc2OC)c1. The average Bonchev–Trinajstić information content (AvgIpc) is 3.15. The Kier molecular flexibility index (Phi) is 6.35. The molecule has 1 amide bonds. The van der Waals surface area contributed by atoms with E-state index >= 15 is 0 Å². The largest absolute Gasteiger partial charge is 0.497 e. The second-order valence-corrected chi connectivity index (χ2v) is 6.84. The van der Waals surface area contributed by atoms with Crippen LogP contribution in [0.5, 0.6) is 11.5 Å². The number of hydrogen-bond donors (Lipinski definition) is 1. The molecule has 1 aliphatic heterocycles. The molecular formula is C22H28N2O3. The molecule has 0 bridgehead atoms. The molecule has 0 saturated carbocycles. The van der Waals surface area contributed by atoms with Crippen LogP contribution in [0.3, 0.4) is 0 Å². The maximum absolute atomic E-state index is 12.6. The van der Waals surface area contributed by atoms with E-state index in [0.29, 0.717) is 6.54 Å². The van der Waals surface area contributed by atoms with Gasteiger partial charge in [-0.15, -0.1) is 0 Å². The number of nitrogens with zero attached hydrogens (tertiary/aromatic N) is 1. The number of anilines is 1. The van der Waals surface area contributed by atoms with Gasteiger partial charge in [0, 0.05) is 23.4 Å². The fraction of sp³-hybridized carbons (Fsp3) is 0.409. The third-order valence-electron chi connectivity index (χ3n) is 5.13. The van der Waals surface area contributed by atoms with E-state index in [4.69, 9.17) is 9.47 Å². The number of carbonyl (C=O) groups is 1. The van der Waals surface area contributed by atoms with Crippen molar-refractivity contribution in [1.82, 2.24) is 4.90 Å². The third kappa shape index (κ3) is 4.61. The summed E-state index contributed by atoms with van der Waals surface area (Å²) in [4.78, 5) is 14.8. The van der Waals surface area contributed by atoms with Gasteiger partial charge in [0.2, 0.25) is 5.91 Å². The lowest BCUT2D eigenvalue weighted by Gasteiger charge is -2.26. The Morgan fingerprint density at radius 3 is 2.78 bits per heavy atom. The molecule has 1 saturated heterocycles. The molecule has 1 N–H and O–H groups in total. The van der Waals surface area contributed by atoms with Crippen LogP contribution >= 0.6 is 0 Å². The minimum Gasteiger partial charge on any atom is -0.497 e. The highest BCUT2D eigenvalue weighted by molar-refractivity contribution is 5.92. The summed E-state index contributed by atoms with van der Waals surface area (Å²) >= 11 is 0. The quantitative estimate of drug-likeness (QED) is 0.801. The van der Waals surface area contributed by atoms with Gasteiger partial charge in [0.25, 0.3) is 0 Å². The van der Waals surface area contributed by atoms with E-state index in [1.165, 1.54) is 5.56 Å². The zero-order valence-electron chi connectivity index (χ0n) is 16.3. The number of nitrogens with one attached hydrogen (secondary N) is 1. The first kappa shape index (κ1) is 19.2. The molecule has 1 fully saturated rings. The Bertz CT molecular complexity index is 791. The van der Waals surface area contributed by atoms with E-state index < -0.39 is 0 Å². The smallest absolute Gasteiger partial charge is 0.238 e. The van der Waals surface area contributed by atoms with Crippen LogP contribution in [0.4, 0.5) is 5.69 Å². The second kappa shape index (κ2) is 8.91. The normalized spacial score (nSPS) is 16.9. The van der Waals surface area contributed by atoms with Crippen LogP contribution in [0.15, 0.2) is 42.5 Å². The summed E-state index contributed by atoms with van der Waals surface area (Å²) < 4.78 is 10.9. The number of hydrogen-bond acceptors (Lipinski definition) is 4. The van der Waals surface area contributed by atoms with Gasteiger partial charge in [0.15, 0.2) is 0 Å². The molecule has 27 heavy (non-hydrogen) atoms. The van der Waals surface area contributed by atoms with Crippen LogP contribution < -0.4 is 14.8 Å². The van der Waals surface area contributed by atoms with Crippen molar-refractivity contribution in [2.75, 3.05) is 32.6 Å². The molecule has 144 valence electrons. The molecule has 1 unspecified atom stereocenters. The summed E-state index contributed by atoms with van der Waals surface area (Å²) in [6.07, 6.45) is 3.04. The molecule has 2 aromatic carbocycles. The lowest BCUT2D eigenvalue weighted by Crippen LogP contribution is -2.33. The first-order valence-electron chi connectivity index (χ1n) is 9.49. The topological polar surface area (TPSA) is 50.8 Å². The van der Waals surface area contributed by atoms with Gasteiger partial charge in [-0.3, -0.25) is 9.69 Å². The van der Waals surface area contributed by atoms with Gasteiger partial charge in [-0.25, -0.2) is 0 Å². The molecule has 0 spiro atoms. The minimum atomic E-state index is 0.0163. The standard InChI is InChI=1S/C22H28N2O3/c1-4-16-7-5-8-17(13-16)23-22(25)15-24-12-6-9-20(24)19-11-10-18(26-2)14-21(19)27-3/h5,7-8,10-11,13-14,20H,4,6,9,12,15H2,1-3H3,(H,23,25). The lowest BCUT2D eigenvalue weighted by molar-refractivity contribution is -0.117. The summed E-state index contributed by atoms with van der Waals surface area (Å²) in [5.74, 6) is 1.60. The Balaban J connectivity index is 1.70. The van der Waals surface area contributed by atoms with Gasteiger partial charge < -0.3 is 14.8 Å². The first-order chi connectivity index (χ1) is 13.1. The van der Waals surface area contributed by atoms with Crippen LogP contribution in [0.1, 0.15) is 36.9 Å². The zero-order chi connectivity index (χ0) is 19.2. The third-order valence-corrected chi connectivity index (χ3v) is 5.13. The van der Waals surface area contributed by atoms with E-state index in [2.05, 4.69) is 23.2 Å². The molecule has 2 aromatic rings. The molecule has 3 rings (SSSR count). The predicted octanol–water partition coefficient (Wildman–Crippen LogP) is 4.04. The van der Waals surface area contributed by atoms with Gasteiger partial charge in [0.05, 0.1) is 20.8 Å². The maximum atomic E-state index is 12.6. The number of aryl methyl sites for hydroxylation is 1. The van der Waals surface area contributed by atoms with Crippen LogP contribution in [0.2, 0.25) is 0 Å². The highest BCUT2D eigenvalue weighted by atomic mass is 16.5. The Morgan fingerprint density at radius 1 is 1.19 bits per heavy atom. The highest BCUT2D eigenvalue weighted by Crippen LogP contribution is 2.38. The van der Waals surface area contributed by atoms with Crippen molar-refractivity contribution in [3.8, 4) is 11.5 Å². The second-order valence-electron chi connectivity index (χ2n) is 6.84. The molecule has 1 aliphatic rings. The monoisotopic (exact) mass is 368 g/mol. The average molecular weight is 368 g/mol. The van der Waals surface area contributed by atoms with E-state index in [1.54, 1.807) is 14.2 Å². The van der Waals surface area contributed by atoms with Crippen molar-refractivity contribution < 1.29 is 14.3 Å². The Hall–Kier alpha value is -2.53. The molecule has 1 heterocycles. The first-order valence-corrected chi connectivity index (χ1v) is 9.49. The van der Waals surface area contributed by atoms with Crippen LogP contribution in [-0.2, 0) is 11.2 Å².